The maximum absolute atomic E-state index is 13.7. The Morgan fingerprint density at radius 2 is 1.54 bits per heavy atom. The molecule has 48 heavy (non-hydrogen) atoms. The van der Waals surface area contributed by atoms with Crippen molar-refractivity contribution >= 4 is 40.9 Å². The minimum atomic E-state index is -0.696. The fourth-order valence-electron chi connectivity index (χ4n) is 6.55. The third kappa shape index (κ3) is 9.44. The summed E-state index contributed by atoms with van der Waals surface area (Å²) in [5.74, 6) is -0.823. The van der Waals surface area contributed by atoms with Gasteiger partial charge in [-0.1, -0.05) is 62.1 Å². The van der Waals surface area contributed by atoms with Crippen molar-refractivity contribution in [2.45, 2.75) is 70.5 Å². The second-order valence-corrected chi connectivity index (χ2v) is 13.2. The summed E-state index contributed by atoms with van der Waals surface area (Å²) in [7, 11) is 1.70. The summed E-state index contributed by atoms with van der Waals surface area (Å²) in [6, 6.07) is 15.4. The van der Waals surface area contributed by atoms with Crippen LogP contribution in [0.3, 0.4) is 0 Å². The predicted octanol–water partition coefficient (Wildman–Crippen LogP) is 4.17. The predicted molar refractivity (Wildman–Crippen MR) is 185 cm³/mol. The molecule has 2 atom stereocenters. The molecule has 11 nitrogen and oxygen atoms in total. The van der Waals surface area contributed by atoms with Gasteiger partial charge in [0.1, 0.15) is 17.8 Å². The number of halogens is 1. The highest BCUT2D eigenvalue weighted by molar-refractivity contribution is 6.30. The second kappa shape index (κ2) is 16.7. The summed E-state index contributed by atoms with van der Waals surface area (Å²) >= 11 is 6.02. The molecule has 0 radical (unpaired) electrons. The van der Waals surface area contributed by atoms with Crippen molar-refractivity contribution in [2.24, 2.45) is 13.0 Å². The topological polar surface area (TPSA) is 129 Å². The number of hydrogen-bond acceptors (Lipinski definition) is 6. The van der Waals surface area contributed by atoms with Crippen LogP contribution in [-0.4, -0.2) is 81.5 Å². The standard InChI is InChI=1S/C36H46ClN7O4/c1-3-32(45)40-30(36(48)44-21-19-43(20-22-44)24-26-9-13-28(37)14-10-26)23-25-11-15-29(16-12-25)39-35(47)33(27-7-5-4-6-8-27)41-34(46)31-17-18-38-42(31)2/h9-18,27,30,33H,3-8,19-24H2,1-2H3,(H,39,47)(H,40,45)(H,41,46)/t30-,33+/m1/s1. The smallest absolute Gasteiger partial charge is 0.270 e. The second-order valence-electron chi connectivity index (χ2n) is 12.8. The molecular formula is C36H46ClN7O4. The van der Waals surface area contributed by atoms with Crippen LogP contribution in [0.15, 0.2) is 60.8 Å². The molecule has 3 aromatic rings. The molecule has 0 spiro atoms. The van der Waals surface area contributed by atoms with Crippen LogP contribution in [0.1, 0.15) is 67.1 Å². The first-order chi connectivity index (χ1) is 23.2. The van der Waals surface area contributed by atoms with Crippen molar-refractivity contribution < 1.29 is 19.2 Å². The SMILES string of the molecule is CCC(=O)N[C@H](Cc1ccc(NC(=O)[C@@H](NC(=O)c2ccnn2C)C2CCCCC2)cc1)C(=O)N1CCN(Cc2ccc(Cl)cc2)CC1. The summed E-state index contributed by atoms with van der Waals surface area (Å²) in [6.45, 7) is 5.19. The van der Waals surface area contributed by atoms with Crippen molar-refractivity contribution in [3.63, 3.8) is 0 Å². The van der Waals surface area contributed by atoms with Gasteiger partial charge in [0, 0.05) is 69.5 Å². The first-order valence-corrected chi connectivity index (χ1v) is 17.3. The third-order valence-electron chi connectivity index (χ3n) is 9.36. The van der Waals surface area contributed by atoms with Crippen LogP contribution in [0.2, 0.25) is 5.02 Å². The maximum atomic E-state index is 13.7. The molecule has 4 amide bonds. The van der Waals surface area contributed by atoms with E-state index in [1.807, 2.05) is 41.3 Å². The summed E-state index contributed by atoms with van der Waals surface area (Å²) < 4.78 is 1.49. The molecule has 2 heterocycles. The number of nitrogens with one attached hydrogen (secondary N) is 3. The van der Waals surface area contributed by atoms with Crippen LogP contribution in [0.5, 0.6) is 0 Å². The van der Waals surface area contributed by atoms with Gasteiger partial charge >= 0.3 is 0 Å². The van der Waals surface area contributed by atoms with Crippen LogP contribution in [-0.2, 0) is 34.4 Å². The zero-order chi connectivity index (χ0) is 34.0. The molecular weight excluding hydrogens is 630 g/mol. The lowest BCUT2D eigenvalue weighted by atomic mass is 9.83. The quantitative estimate of drug-likeness (QED) is 0.264. The Bertz CT molecular complexity index is 1540. The number of carbonyl (C=O) groups is 4. The normalized spacial score (nSPS) is 16.9. The fourth-order valence-corrected chi connectivity index (χ4v) is 6.67. The molecule has 1 saturated heterocycles. The highest BCUT2D eigenvalue weighted by Crippen LogP contribution is 2.28. The Kier molecular flexibility index (Phi) is 12.2. The molecule has 0 bridgehead atoms. The average Bonchev–Trinajstić information content (AvgIpc) is 3.54. The van der Waals surface area contributed by atoms with E-state index in [0.717, 1.165) is 57.3 Å². The Morgan fingerprint density at radius 1 is 0.875 bits per heavy atom. The van der Waals surface area contributed by atoms with E-state index < -0.39 is 12.1 Å². The van der Waals surface area contributed by atoms with Gasteiger partial charge in [0.25, 0.3) is 5.91 Å². The number of amides is 4. The molecule has 0 unspecified atom stereocenters. The van der Waals surface area contributed by atoms with E-state index in [9.17, 15) is 19.2 Å². The first kappa shape index (κ1) is 35.1. The van der Waals surface area contributed by atoms with Crippen LogP contribution in [0.4, 0.5) is 5.69 Å². The zero-order valence-corrected chi connectivity index (χ0v) is 28.5. The van der Waals surface area contributed by atoms with Gasteiger partial charge in [-0.15, -0.1) is 0 Å². The van der Waals surface area contributed by atoms with Crippen LogP contribution in [0, 0.1) is 5.92 Å². The van der Waals surface area contributed by atoms with E-state index >= 15 is 0 Å². The molecule has 1 saturated carbocycles. The Labute approximate surface area is 287 Å². The molecule has 2 fully saturated rings. The lowest BCUT2D eigenvalue weighted by Gasteiger charge is -2.36. The lowest BCUT2D eigenvalue weighted by Crippen LogP contribution is -2.55. The monoisotopic (exact) mass is 675 g/mol. The van der Waals surface area contributed by atoms with Crippen molar-refractivity contribution in [1.29, 1.82) is 0 Å². The van der Waals surface area contributed by atoms with Crippen LogP contribution >= 0.6 is 11.6 Å². The number of benzene rings is 2. The van der Waals surface area contributed by atoms with Crippen LogP contribution in [0.25, 0.3) is 0 Å². The number of aromatic nitrogens is 2. The van der Waals surface area contributed by atoms with E-state index in [2.05, 4.69) is 25.9 Å². The van der Waals surface area contributed by atoms with Crippen LogP contribution < -0.4 is 16.0 Å². The highest BCUT2D eigenvalue weighted by Gasteiger charge is 2.32. The largest absolute Gasteiger partial charge is 0.344 e. The molecule has 1 aliphatic heterocycles. The summed E-state index contributed by atoms with van der Waals surface area (Å²) in [6.07, 6.45) is 7.10. The third-order valence-corrected chi connectivity index (χ3v) is 9.61. The van der Waals surface area contributed by atoms with Gasteiger partial charge in [0.2, 0.25) is 17.7 Å². The number of hydrogen-bond donors (Lipinski definition) is 3. The highest BCUT2D eigenvalue weighted by atomic mass is 35.5. The Balaban J connectivity index is 1.20. The maximum Gasteiger partial charge on any atom is 0.270 e. The lowest BCUT2D eigenvalue weighted by molar-refractivity contribution is -0.138. The van der Waals surface area contributed by atoms with Gasteiger partial charge in [-0.05, 0) is 60.2 Å². The van der Waals surface area contributed by atoms with E-state index in [0.29, 0.717) is 35.9 Å². The van der Waals surface area contributed by atoms with Crippen molar-refractivity contribution in [2.75, 3.05) is 31.5 Å². The minimum Gasteiger partial charge on any atom is -0.344 e. The van der Waals surface area contributed by atoms with Crippen molar-refractivity contribution in [1.82, 2.24) is 30.2 Å². The van der Waals surface area contributed by atoms with Gasteiger partial charge in [-0.25, -0.2) is 0 Å². The Hall–Kier alpha value is -4.22. The zero-order valence-electron chi connectivity index (χ0n) is 27.8. The van der Waals surface area contributed by atoms with E-state index in [4.69, 9.17) is 11.6 Å². The number of anilines is 1. The molecule has 12 heteroatoms. The fraction of sp³-hybridized carbons (Fsp3) is 0.472. The number of rotatable bonds is 12. The van der Waals surface area contributed by atoms with Gasteiger partial charge < -0.3 is 20.9 Å². The molecule has 1 aromatic heterocycles. The molecule has 1 aliphatic carbocycles. The van der Waals surface area contributed by atoms with E-state index in [1.54, 1.807) is 38.4 Å². The van der Waals surface area contributed by atoms with Crippen molar-refractivity contribution in [3.8, 4) is 0 Å². The van der Waals surface area contributed by atoms with Gasteiger partial charge in [0.05, 0.1) is 0 Å². The Morgan fingerprint density at radius 3 is 2.17 bits per heavy atom. The van der Waals surface area contributed by atoms with Gasteiger partial charge in [-0.2, -0.15) is 5.10 Å². The summed E-state index contributed by atoms with van der Waals surface area (Å²) in [5, 5.41) is 13.7. The average molecular weight is 676 g/mol. The summed E-state index contributed by atoms with van der Waals surface area (Å²) in [4.78, 5) is 56.8. The molecule has 2 aliphatic rings. The number of piperazine rings is 1. The van der Waals surface area contributed by atoms with E-state index in [1.165, 1.54) is 10.2 Å². The minimum absolute atomic E-state index is 0.0449. The molecule has 2 aromatic carbocycles. The van der Waals surface area contributed by atoms with Gasteiger partial charge in [0.15, 0.2) is 0 Å². The molecule has 5 rings (SSSR count). The summed E-state index contributed by atoms with van der Waals surface area (Å²) in [5.41, 5.74) is 3.02. The number of carbonyl (C=O) groups excluding carboxylic acids is 4. The van der Waals surface area contributed by atoms with Crippen molar-refractivity contribution in [3.05, 3.63) is 82.6 Å². The molecule has 256 valence electrons. The first-order valence-electron chi connectivity index (χ1n) is 16.9. The number of aryl methyl sites for hydroxylation is 1. The molecule has 3 N–H and O–H groups in total. The number of nitrogens with zero attached hydrogens (tertiary/aromatic N) is 4. The van der Waals surface area contributed by atoms with Gasteiger partial charge in [-0.3, -0.25) is 28.8 Å². The van der Waals surface area contributed by atoms with E-state index in [-0.39, 0.29) is 36.0 Å².